The number of ether oxygens (including phenoxy) is 1. The number of methoxy groups -OCH3 is 1. The van der Waals surface area contributed by atoms with Crippen LogP contribution in [0.25, 0.3) is 0 Å². The lowest BCUT2D eigenvalue weighted by molar-refractivity contribution is 0.0744. The Morgan fingerprint density at radius 1 is 1.16 bits per heavy atom. The predicted molar refractivity (Wildman–Crippen MR) is 136 cm³/mol. The summed E-state index contributed by atoms with van der Waals surface area (Å²) in [6.45, 7) is 3.21. The number of aliphatic imine (C=N–C) groups is 1. The number of rotatable bonds is 7. The quantitative estimate of drug-likeness (QED) is 0.301. The van der Waals surface area contributed by atoms with Crippen LogP contribution in [0.4, 0.5) is 8.78 Å². The molecule has 0 aliphatic carbocycles. The van der Waals surface area contributed by atoms with Crippen molar-refractivity contribution in [2.45, 2.75) is 44.2 Å². The standard InChI is InChI=1S/C23H37F2N5O.HI/c1-26-23(28-19-10-13-30(14-11-19)16-21(24)25)27-15-18-5-4-12-29(2)22(18)17-6-8-20(31-3)9-7-17;/h6-9,18-19,21-22H,4-5,10-16H2,1-3H3,(H2,26,27,28);1H. The Kier molecular flexibility index (Phi) is 11.4. The summed E-state index contributed by atoms with van der Waals surface area (Å²) in [5.41, 5.74) is 1.31. The van der Waals surface area contributed by atoms with Crippen LogP contribution in [-0.2, 0) is 0 Å². The maximum absolute atomic E-state index is 12.6. The summed E-state index contributed by atoms with van der Waals surface area (Å²) in [6, 6.07) is 9.01. The van der Waals surface area contributed by atoms with Gasteiger partial charge in [-0.2, -0.15) is 0 Å². The number of guanidine groups is 1. The average molecular weight is 565 g/mol. The highest BCUT2D eigenvalue weighted by Crippen LogP contribution is 2.35. The van der Waals surface area contributed by atoms with Gasteiger partial charge in [0.2, 0.25) is 0 Å². The van der Waals surface area contributed by atoms with Gasteiger partial charge in [-0.15, -0.1) is 24.0 Å². The number of hydrogen-bond donors (Lipinski definition) is 2. The lowest BCUT2D eigenvalue weighted by Crippen LogP contribution is -2.51. The molecule has 2 N–H and O–H groups in total. The van der Waals surface area contributed by atoms with E-state index < -0.39 is 6.43 Å². The van der Waals surface area contributed by atoms with Gasteiger partial charge in [0.05, 0.1) is 13.7 Å². The molecule has 0 aromatic heterocycles. The summed E-state index contributed by atoms with van der Waals surface area (Å²) in [5.74, 6) is 2.15. The van der Waals surface area contributed by atoms with Crippen LogP contribution in [0.3, 0.4) is 0 Å². The fourth-order valence-corrected chi connectivity index (χ4v) is 4.87. The molecule has 2 aliphatic rings. The van der Waals surface area contributed by atoms with Crippen LogP contribution in [0, 0.1) is 5.92 Å². The second kappa shape index (κ2) is 13.5. The molecule has 2 atom stereocenters. The fourth-order valence-electron chi connectivity index (χ4n) is 4.87. The molecule has 2 unspecified atom stereocenters. The molecule has 2 heterocycles. The highest BCUT2D eigenvalue weighted by atomic mass is 127. The zero-order valence-corrected chi connectivity index (χ0v) is 21.7. The van der Waals surface area contributed by atoms with Crippen molar-refractivity contribution in [2.24, 2.45) is 10.9 Å². The first-order valence-corrected chi connectivity index (χ1v) is 11.3. The molecule has 182 valence electrons. The molecule has 0 saturated carbocycles. The minimum atomic E-state index is -2.26. The third-order valence-corrected chi connectivity index (χ3v) is 6.54. The molecule has 0 spiro atoms. The molecule has 6 nitrogen and oxygen atoms in total. The Balaban J connectivity index is 0.00000363. The summed E-state index contributed by atoms with van der Waals surface area (Å²) in [4.78, 5) is 8.68. The SMILES string of the molecule is CN=C(NCC1CCCN(C)C1c1ccc(OC)cc1)NC1CCN(CC(F)F)CC1.I. The van der Waals surface area contributed by atoms with Gasteiger partial charge in [0.15, 0.2) is 5.96 Å². The van der Waals surface area contributed by atoms with Crippen molar-refractivity contribution in [3.63, 3.8) is 0 Å². The van der Waals surface area contributed by atoms with E-state index in [-0.39, 0.29) is 36.6 Å². The van der Waals surface area contributed by atoms with Crippen LogP contribution >= 0.6 is 24.0 Å². The fraction of sp³-hybridized carbons (Fsp3) is 0.696. The number of halogens is 3. The van der Waals surface area contributed by atoms with Crippen molar-refractivity contribution in [3.8, 4) is 5.75 Å². The minimum absolute atomic E-state index is 0. The number of likely N-dealkylation sites (tertiary alicyclic amines) is 2. The molecule has 0 bridgehead atoms. The van der Waals surface area contributed by atoms with Gasteiger partial charge < -0.3 is 15.4 Å². The van der Waals surface area contributed by atoms with E-state index in [4.69, 9.17) is 4.74 Å². The second-order valence-corrected chi connectivity index (χ2v) is 8.66. The molecule has 0 amide bonds. The van der Waals surface area contributed by atoms with Gasteiger partial charge in [-0.1, -0.05) is 12.1 Å². The van der Waals surface area contributed by atoms with Crippen molar-refractivity contribution < 1.29 is 13.5 Å². The van der Waals surface area contributed by atoms with E-state index in [1.165, 1.54) is 12.0 Å². The summed E-state index contributed by atoms with van der Waals surface area (Å²) in [5, 5.41) is 7.02. The summed E-state index contributed by atoms with van der Waals surface area (Å²) >= 11 is 0. The highest BCUT2D eigenvalue weighted by molar-refractivity contribution is 14.0. The van der Waals surface area contributed by atoms with E-state index >= 15 is 0 Å². The first kappa shape index (κ1) is 27.0. The van der Waals surface area contributed by atoms with Gasteiger partial charge in [-0.3, -0.25) is 14.8 Å². The van der Waals surface area contributed by atoms with Crippen LogP contribution in [0.2, 0.25) is 0 Å². The molecule has 2 saturated heterocycles. The normalized spacial score (nSPS) is 23.6. The van der Waals surface area contributed by atoms with E-state index in [0.717, 1.165) is 44.1 Å². The molecule has 3 rings (SSSR count). The molecule has 2 aliphatic heterocycles. The van der Waals surface area contributed by atoms with Crippen molar-refractivity contribution in [1.82, 2.24) is 20.4 Å². The number of nitrogens with one attached hydrogen (secondary N) is 2. The Labute approximate surface area is 208 Å². The monoisotopic (exact) mass is 565 g/mol. The first-order valence-electron chi connectivity index (χ1n) is 11.3. The number of benzene rings is 1. The van der Waals surface area contributed by atoms with E-state index in [0.29, 0.717) is 25.0 Å². The van der Waals surface area contributed by atoms with Crippen LogP contribution in [0.5, 0.6) is 5.75 Å². The van der Waals surface area contributed by atoms with Crippen molar-refractivity contribution >= 4 is 29.9 Å². The molecule has 0 radical (unpaired) electrons. The predicted octanol–water partition coefficient (Wildman–Crippen LogP) is 3.59. The highest BCUT2D eigenvalue weighted by Gasteiger charge is 2.31. The molecular weight excluding hydrogens is 527 g/mol. The van der Waals surface area contributed by atoms with E-state index in [1.807, 2.05) is 17.0 Å². The second-order valence-electron chi connectivity index (χ2n) is 8.66. The molecule has 1 aromatic rings. The van der Waals surface area contributed by atoms with Crippen LogP contribution < -0.4 is 15.4 Å². The van der Waals surface area contributed by atoms with Gasteiger partial charge in [0, 0.05) is 38.8 Å². The first-order chi connectivity index (χ1) is 15.0. The Morgan fingerprint density at radius 3 is 2.44 bits per heavy atom. The lowest BCUT2D eigenvalue weighted by Gasteiger charge is -2.40. The smallest absolute Gasteiger partial charge is 0.251 e. The van der Waals surface area contributed by atoms with Gasteiger partial charge in [0.1, 0.15) is 5.75 Å². The van der Waals surface area contributed by atoms with E-state index in [1.54, 1.807) is 14.2 Å². The number of hydrogen-bond acceptors (Lipinski definition) is 4. The Bertz CT molecular complexity index is 698. The summed E-state index contributed by atoms with van der Waals surface area (Å²) < 4.78 is 30.5. The number of piperidine rings is 2. The number of nitrogens with zero attached hydrogens (tertiary/aromatic N) is 3. The van der Waals surface area contributed by atoms with Gasteiger partial charge >= 0.3 is 0 Å². The molecule has 32 heavy (non-hydrogen) atoms. The summed E-state index contributed by atoms with van der Waals surface area (Å²) in [6.07, 6.45) is 1.80. The molecule has 9 heteroatoms. The van der Waals surface area contributed by atoms with Crippen LogP contribution in [0.15, 0.2) is 29.3 Å². The van der Waals surface area contributed by atoms with E-state index in [9.17, 15) is 8.78 Å². The Hall–Kier alpha value is -1.20. The van der Waals surface area contributed by atoms with E-state index in [2.05, 4.69) is 39.7 Å². The van der Waals surface area contributed by atoms with Crippen molar-refractivity contribution in [2.75, 3.05) is 53.9 Å². The van der Waals surface area contributed by atoms with Crippen LogP contribution in [-0.4, -0.2) is 82.2 Å². The Morgan fingerprint density at radius 2 is 1.84 bits per heavy atom. The van der Waals surface area contributed by atoms with Gasteiger partial charge in [0.25, 0.3) is 6.43 Å². The maximum Gasteiger partial charge on any atom is 0.251 e. The molecule has 2 fully saturated rings. The van der Waals surface area contributed by atoms with Crippen molar-refractivity contribution in [1.29, 1.82) is 0 Å². The maximum atomic E-state index is 12.6. The van der Waals surface area contributed by atoms with Gasteiger partial charge in [-0.05, 0) is 62.9 Å². The molecule has 1 aromatic carbocycles. The van der Waals surface area contributed by atoms with Crippen LogP contribution in [0.1, 0.15) is 37.3 Å². The third-order valence-electron chi connectivity index (χ3n) is 6.54. The zero-order valence-electron chi connectivity index (χ0n) is 19.4. The largest absolute Gasteiger partial charge is 0.497 e. The van der Waals surface area contributed by atoms with Crippen molar-refractivity contribution in [3.05, 3.63) is 29.8 Å². The van der Waals surface area contributed by atoms with Gasteiger partial charge in [-0.25, -0.2) is 8.78 Å². The summed E-state index contributed by atoms with van der Waals surface area (Å²) in [7, 11) is 5.67. The zero-order chi connectivity index (χ0) is 22.2. The third kappa shape index (κ3) is 7.69. The average Bonchev–Trinajstić information content (AvgIpc) is 2.77. The number of alkyl halides is 2. The topological polar surface area (TPSA) is 52.1 Å². The lowest BCUT2D eigenvalue weighted by atomic mass is 9.85. The minimum Gasteiger partial charge on any atom is -0.497 e. The molecular formula is C23H38F2IN5O.